The zero-order chi connectivity index (χ0) is 12.7. The smallest absolute Gasteiger partial charge is 0.0639 e. The molecule has 1 aliphatic heterocycles. The van der Waals surface area contributed by atoms with Crippen molar-refractivity contribution in [3.8, 4) is 0 Å². The molecule has 1 rings (SSSR count). The highest BCUT2D eigenvalue weighted by Gasteiger charge is 2.26. The Morgan fingerprint density at radius 3 is 2.19 bits per heavy atom. The van der Waals surface area contributed by atoms with Gasteiger partial charge in [-0.2, -0.15) is 0 Å². The van der Waals surface area contributed by atoms with E-state index in [1.807, 2.05) is 20.8 Å². The average Bonchev–Trinajstić information content (AvgIpc) is 2.18. The van der Waals surface area contributed by atoms with Gasteiger partial charge in [-0.05, 0) is 31.1 Å². The highest BCUT2D eigenvalue weighted by atomic mass is 16.3. The van der Waals surface area contributed by atoms with Crippen LogP contribution in [0.2, 0.25) is 0 Å². The van der Waals surface area contributed by atoms with Crippen molar-refractivity contribution in [1.29, 1.82) is 0 Å². The molecular weight excluding hydrogens is 198 g/mol. The van der Waals surface area contributed by atoms with Crippen molar-refractivity contribution in [2.75, 3.05) is 19.6 Å². The van der Waals surface area contributed by atoms with E-state index in [0.29, 0.717) is 0 Å². The van der Waals surface area contributed by atoms with Gasteiger partial charge in [0.2, 0.25) is 0 Å². The fraction of sp³-hybridized carbons (Fsp3) is 1.00. The second kappa shape index (κ2) is 8.08. The molecule has 0 bridgehead atoms. The van der Waals surface area contributed by atoms with Crippen molar-refractivity contribution in [2.45, 2.75) is 54.1 Å². The Labute approximate surface area is 102 Å². The lowest BCUT2D eigenvalue weighted by molar-refractivity contribution is 0.0616. The molecule has 2 nitrogen and oxygen atoms in total. The van der Waals surface area contributed by atoms with Crippen LogP contribution in [-0.4, -0.2) is 35.7 Å². The number of nitrogens with zero attached hydrogens (tertiary/aromatic N) is 1. The number of aliphatic hydroxyl groups excluding tert-OH is 1. The number of piperidine rings is 1. The van der Waals surface area contributed by atoms with E-state index in [2.05, 4.69) is 25.7 Å². The van der Waals surface area contributed by atoms with E-state index in [1.165, 1.54) is 13.0 Å². The maximum atomic E-state index is 9.37. The van der Waals surface area contributed by atoms with Crippen LogP contribution in [0.4, 0.5) is 0 Å². The first-order valence-electron chi connectivity index (χ1n) is 6.89. The van der Waals surface area contributed by atoms with Gasteiger partial charge < -0.3 is 10.0 Å². The molecule has 0 aromatic carbocycles. The molecule has 0 amide bonds. The number of β-amino-alcohol motifs (C(OH)–C–C–N with tert-alkyl or cyclic N) is 1. The molecule has 1 N–H and O–H groups in total. The van der Waals surface area contributed by atoms with E-state index in [1.54, 1.807) is 0 Å². The van der Waals surface area contributed by atoms with Gasteiger partial charge in [-0.25, -0.2) is 0 Å². The van der Waals surface area contributed by atoms with Crippen LogP contribution in [0, 0.1) is 17.8 Å². The van der Waals surface area contributed by atoms with Crippen LogP contribution in [0.3, 0.4) is 0 Å². The minimum absolute atomic E-state index is 0.187. The third-order valence-electron chi connectivity index (χ3n) is 3.23. The van der Waals surface area contributed by atoms with Crippen molar-refractivity contribution in [2.24, 2.45) is 17.8 Å². The monoisotopic (exact) mass is 229 g/mol. The minimum atomic E-state index is -0.187. The summed E-state index contributed by atoms with van der Waals surface area (Å²) in [7, 11) is 0. The maximum absolute atomic E-state index is 9.37. The maximum Gasteiger partial charge on any atom is 0.0639 e. The van der Waals surface area contributed by atoms with Crippen molar-refractivity contribution < 1.29 is 5.11 Å². The van der Waals surface area contributed by atoms with Gasteiger partial charge >= 0.3 is 0 Å². The Bertz CT molecular complexity index is 166. The van der Waals surface area contributed by atoms with Crippen LogP contribution in [0.15, 0.2) is 0 Å². The second-order valence-corrected chi connectivity index (χ2v) is 5.41. The lowest BCUT2D eigenvalue weighted by atomic mass is 9.83. The zero-order valence-electron chi connectivity index (χ0n) is 12.0. The fourth-order valence-corrected chi connectivity index (χ4v) is 2.52. The quantitative estimate of drug-likeness (QED) is 0.804. The summed E-state index contributed by atoms with van der Waals surface area (Å²) in [5.74, 6) is 2.38. The van der Waals surface area contributed by atoms with E-state index >= 15 is 0 Å². The van der Waals surface area contributed by atoms with E-state index in [9.17, 15) is 5.11 Å². The number of likely N-dealkylation sites (tertiary alicyclic amines) is 1. The fourth-order valence-electron chi connectivity index (χ4n) is 2.52. The standard InChI is InChI=1S/C12H25NO.C2H6/c1-9(2)12-5-10(3)6-13(8-12)7-11(4)14;1-2/h9-12,14H,5-8H2,1-4H3;1-2H3. The molecule has 1 aliphatic rings. The summed E-state index contributed by atoms with van der Waals surface area (Å²) in [5.41, 5.74) is 0. The highest BCUT2D eigenvalue weighted by Crippen LogP contribution is 2.27. The topological polar surface area (TPSA) is 23.5 Å². The van der Waals surface area contributed by atoms with Crippen molar-refractivity contribution in [1.82, 2.24) is 4.90 Å². The van der Waals surface area contributed by atoms with Crippen LogP contribution in [0.25, 0.3) is 0 Å². The predicted molar refractivity (Wildman–Crippen MR) is 71.6 cm³/mol. The van der Waals surface area contributed by atoms with Crippen LogP contribution < -0.4 is 0 Å². The summed E-state index contributed by atoms with van der Waals surface area (Å²) in [5, 5.41) is 9.37. The molecule has 1 heterocycles. The van der Waals surface area contributed by atoms with Crippen LogP contribution in [-0.2, 0) is 0 Å². The van der Waals surface area contributed by atoms with Crippen molar-refractivity contribution in [3.05, 3.63) is 0 Å². The zero-order valence-corrected chi connectivity index (χ0v) is 12.0. The first-order chi connectivity index (χ1) is 7.49. The summed E-state index contributed by atoms with van der Waals surface area (Å²) in [6.07, 6.45) is 1.17. The van der Waals surface area contributed by atoms with Crippen molar-refractivity contribution in [3.63, 3.8) is 0 Å². The van der Waals surface area contributed by atoms with Gasteiger partial charge in [0.05, 0.1) is 6.10 Å². The Morgan fingerprint density at radius 2 is 1.75 bits per heavy atom. The molecule has 3 unspecified atom stereocenters. The first kappa shape index (κ1) is 15.9. The molecule has 0 aromatic rings. The van der Waals surface area contributed by atoms with Gasteiger partial charge in [0.1, 0.15) is 0 Å². The molecule has 1 fully saturated rings. The molecular formula is C14H31NO. The van der Waals surface area contributed by atoms with Gasteiger partial charge in [-0.1, -0.05) is 34.6 Å². The SMILES string of the molecule is CC.CC(O)CN1CC(C)CC(C(C)C)C1. The average molecular weight is 229 g/mol. The second-order valence-electron chi connectivity index (χ2n) is 5.41. The van der Waals surface area contributed by atoms with Crippen LogP contribution in [0.5, 0.6) is 0 Å². The van der Waals surface area contributed by atoms with E-state index < -0.39 is 0 Å². The summed E-state index contributed by atoms with van der Waals surface area (Å²) < 4.78 is 0. The molecule has 1 saturated heterocycles. The van der Waals surface area contributed by atoms with Gasteiger partial charge in [0, 0.05) is 19.6 Å². The molecule has 2 heteroatoms. The highest BCUT2D eigenvalue weighted by molar-refractivity contribution is 4.79. The molecule has 0 aliphatic carbocycles. The summed E-state index contributed by atoms with van der Waals surface area (Å²) >= 11 is 0. The largest absolute Gasteiger partial charge is 0.392 e. The van der Waals surface area contributed by atoms with Gasteiger partial charge in [-0.15, -0.1) is 0 Å². The molecule has 0 saturated carbocycles. The Kier molecular flexibility index (Phi) is 8.04. The van der Waals surface area contributed by atoms with Crippen LogP contribution >= 0.6 is 0 Å². The minimum Gasteiger partial charge on any atom is -0.392 e. The Hall–Kier alpha value is -0.0800. The normalized spacial score (nSPS) is 28.5. The molecule has 0 spiro atoms. The molecule has 98 valence electrons. The number of hydrogen-bond acceptors (Lipinski definition) is 2. The lowest BCUT2D eigenvalue weighted by Crippen LogP contribution is -2.44. The molecule has 0 radical (unpaired) electrons. The molecule has 3 atom stereocenters. The third-order valence-corrected chi connectivity index (χ3v) is 3.23. The summed E-state index contributed by atoms with van der Waals surface area (Å²) in [6, 6.07) is 0. The lowest BCUT2D eigenvalue weighted by Gasteiger charge is -2.38. The first-order valence-corrected chi connectivity index (χ1v) is 6.89. The van der Waals surface area contributed by atoms with E-state index in [4.69, 9.17) is 0 Å². The van der Waals surface area contributed by atoms with E-state index in [-0.39, 0.29) is 6.10 Å². The van der Waals surface area contributed by atoms with Crippen molar-refractivity contribution >= 4 is 0 Å². The summed E-state index contributed by atoms with van der Waals surface area (Å²) in [6.45, 7) is 16.0. The number of hydrogen-bond donors (Lipinski definition) is 1. The number of aliphatic hydroxyl groups is 1. The number of rotatable bonds is 3. The molecule has 16 heavy (non-hydrogen) atoms. The van der Waals surface area contributed by atoms with Gasteiger partial charge in [-0.3, -0.25) is 0 Å². The van der Waals surface area contributed by atoms with Gasteiger partial charge in [0.25, 0.3) is 0 Å². The Morgan fingerprint density at radius 1 is 1.19 bits per heavy atom. The third kappa shape index (κ3) is 5.86. The Balaban J connectivity index is 0.00000106. The summed E-state index contributed by atoms with van der Waals surface area (Å²) in [4.78, 5) is 2.42. The van der Waals surface area contributed by atoms with Crippen LogP contribution in [0.1, 0.15) is 48.0 Å². The predicted octanol–water partition coefficient (Wildman–Crippen LogP) is 3.01. The van der Waals surface area contributed by atoms with E-state index in [0.717, 1.165) is 30.8 Å². The molecule has 0 aromatic heterocycles. The van der Waals surface area contributed by atoms with Gasteiger partial charge in [0.15, 0.2) is 0 Å².